The highest BCUT2D eigenvalue weighted by Crippen LogP contribution is 2.21. The number of hydrogen-bond acceptors (Lipinski definition) is 3. The number of carboxylic acids is 1. The predicted molar refractivity (Wildman–Crippen MR) is 74.6 cm³/mol. The fourth-order valence-electron chi connectivity index (χ4n) is 1.70. The van der Waals surface area contributed by atoms with Crippen LogP contribution in [0.4, 0.5) is 4.39 Å². The van der Waals surface area contributed by atoms with Gasteiger partial charge >= 0.3 is 5.97 Å². The maximum atomic E-state index is 13.0. The Balaban J connectivity index is 2.15. The van der Waals surface area contributed by atoms with Crippen molar-refractivity contribution >= 4 is 23.4 Å². The van der Waals surface area contributed by atoms with Crippen molar-refractivity contribution in [3.05, 3.63) is 64.4 Å². The Morgan fingerprint density at radius 2 is 1.86 bits per heavy atom. The lowest BCUT2D eigenvalue weighted by Crippen LogP contribution is -2.14. The molecule has 0 aromatic heterocycles. The van der Waals surface area contributed by atoms with E-state index in [9.17, 15) is 14.0 Å². The molecule has 0 atom stereocenters. The lowest BCUT2D eigenvalue weighted by molar-refractivity contribution is 0.0688. The number of hydrogen-bond donors (Lipinski definition) is 1. The van der Waals surface area contributed by atoms with Crippen LogP contribution in [0.2, 0.25) is 5.02 Å². The number of rotatable bonds is 5. The van der Waals surface area contributed by atoms with Crippen molar-refractivity contribution in [1.29, 1.82) is 0 Å². The summed E-state index contributed by atoms with van der Waals surface area (Å²) in [6.45, 7) is -0.393. The molecule has 0 amide bonds. The summed E-state index contributed by atoms with van der Waals surface area (Å²) in [5, 5.41) is 9.24. The zero-order valence-corrected chi connectivity index (χ0v) is 11.4. The molecule has 21 heavy (non-hydrogen) atoms. The molecule has 0 bridgehead atoms. The molecule has 2 aromatic rings. The molecule has 0 fully saturated rings. The standard InChI is InChI=1S/C15H10ClFO4/c16-12-4-2-1-3-10(12)13(18)8-21-14-6-5-9(17)7-11(14)15(19)20/h1-7H,8H2,(H,19,20). The molecule has 0 radical (unpaired) electrons. The lowest BCUT2D eigenvalue weighted by Gasteiger charge is -2.09. The Bertz CT molecular complexity index is 700. The molecule has 4 nitrogen and oxygen atoms in total. The first kappa shape index (κ1) is 15.0. The molecule has 0 heterocycles. The molecule has 108 valence electrons. The lowest BCUT2D eigenvalue weighted by atomic mass is 10.1. The van der Waals surface area contributed by atoms with Crippen LogP contribution in [-0.4, -0.2) is 23.5 Å². The van der Waals surface area contributed by atoms with Gasteiger partial charge in [-0.2, -0.15) is 0 Å². The van der Waals surface area contributed by atoms with Gasteiger partial charge in [-0.3, -0.25) is 4.79 Å². The Labute approximate surface area is 124 Å². The molecule has 0 aliphatic rings. The third kappa shape index (κ3) is 3.58. The van der Waals surface area contributed by atoms with Crippen molar-refractivity contribution in [1.82, 2.24) is 0 Å². The molecule has 0 saturated carbocycles. The van der Waals surface area contributed by atoms with E-state index in [2.05, 4.69) is 0 Å². The SMILES string of the molecule is O=C(COc1ccc(F)cc1C(=O)O)c1ccccc1Cl. The summed E-state index contributed by atoms with van der Waals surface area (Å²) in [5.74, 6) is -2.52. The summed E-state index contributed by atoms with van der Waals surface area (Å²) in [7, 11) is 0. The van der Waals surface area contributed by atoms with Crippen molar-refractivity contribution in [3.8, 4) is 5.75 Å². The van der Waals surface area contributed by atoms with Gasteiger partial charge in [0.15, 0.2) is 6.61 Å². The molecule has 0 saturated heterocycles. The maximum Gasteiger partial charge on any atom is 0.339 e. The van der Waals surface area contributed by atoms with Gasteiger partial charge in [-0.15, -0.1) is 0 Å². The van der Waals surface area contributed by atoms with Crippen molar-refractivity contribution in [3.63, 3.8) is 0 Å². The largest absolute Gasteiger partial charge is 0.485 e. The number of aromatic carboxylic acids is 1. The van der Waals surface area contributed by atoms with Gasteiger partial charge in [-0.1, -0.05) is 23.7 Å². The number of carbonyl (C=O) groups is 2. The first-order valence-electron chi connectivity index (χ1n) is 5.92. The fraction of sp³-hybridized carbons (Fsp3) is 0.0667. The monoisotopic (exact) mass is 308 g/mol. The third-order valence-corrected chi connectivity index (χ3v) is 3.03. The Morgan fingerprint density at radius 1 is 1.14 bits per heavy atom. The topological polar surface area (TPSA) is 63.6 Å². The van der Waals surface area contributed by atoms with E-state index in [1.54, 1.807) is 18.2 Å². The summed E-state index contributed by atoms with van der Waals surface area (Å²) in [4.78, 5) is 22.9. The number of ketones is 1. The van der Waals surface area contributed by atoms with Crippen molar-refractivity contribution in [2.45, 2.75) is 0 Å². The van der Waals surface area contributed by atoms with Gasteiger partial charge in [0.1, 0.15) is 17.1 Å². The van der Waals surface area contributed by atoms with Gasteiger partial charge in [0, 0.05) is 5.56 Å². The zero-order valence-electron chi connectivity index (χ0n) is 10.7. The van der Waals surface area contributed by atoms with Gasteiger partial charge in [0.2, 0.25) is 5.78 Å². The van der Waals surface area contributed by atoms with E-state index in [-0.39, 0.29) is 21.9 Å². The van der Waals surface area contributed by atoms with Crippen molar-refractivity contribution < 1.29 is 23.8 Å². The minimum atomic E-state index is -1.34. The zero-order chi connectivity index (χ0) is 15.4. The van der Waals surface area contributed by atoms with E-state index in [1.165, 1.54) is 12.1 Å². The van der Waals surface area contributed by atoms with E-state index >= 15 is 0 Å². The highest BCUT2D eigenvalue weighted by molar-refractivity contribution is 6.34. The number of ether oxygens (including phenoxy) is 1. The first-order valence-corrected chi connectivity index (χ1v) is 6.30. The average Bonchev–Trinajstić information content (AvgIpc) is 2.46. The second kappa shape index (κ2) is 6.37. The van der Waals surface area contributed by atoms with Gasteiger partial charge in [-0.25, -0.2) is 9.18 Å². The number of carboxylic acid groups (broad SMARTS) is 1. The highest BCUT2D eigenvalue weighted by atomic mass is 35.5. The van der Waals surface area contributed by atoms with Crippen LogP contribution in [-0.2, 0) is 0 Å². The molecule has 0 aliphatic carbocycles. The molecule has 2 rings (SSSR count). The van der Waals surface area contributed by atoms with Crippen LogP contribution in [0.25, 0.3) is 0 Å². The Hall–Kier alpha value is -2.40. The number of Topliss-reactive ketones (excluding diaryl/α,β-unsaturated/α-hetero) is 1. The molecule has 0 spiro atoms. The van der Waals surface area contributed by atoms with Crippen LogP contribution in [0.15, 0.2) is 42.5 Å². The number of benzene rings is 2. The van der Waals surface area contributed by atoms with E-state index in [4.69, 9.17) is 21.4 Å². The highest BCUT2D eigenvalue weighted by Gasteiger charge is 2.15. The maximum absolute atomic E-state index is 13.0. The van der Waals surface area contributed by atoms with Gasteiger partial charge in [-0.05, 0) is 30.3 Å². The van der Waals surface area contributed by atoms with Crippen molar-refractivity contribution in [2.75, 3.05) is 6.61 Å². The fourth-order valence-corrected chi connectivity index (χ4v) is 1.94. The molecule has 2 aromatic carbocycles. The minimum Gasteiger partial charge on any atom is -0.485 e. The summed E-state index contributed by atoms with van der Waals surface area (Å²) < 4.78 is 18.2. The summed E-state index contributed by atoms with van der Waals surface area (Å²) in [6, 6.07) is 9.49. The van der Waals surface area contributed by atoms with E-state index < -0.39 is 24.2 Å². The van der Waals surface area contributed by atoms with Gasteiger partial charge < -0.3 is 9.84 Å². The summed E-state index contributed by atoms with van der Waals surface area (Å²) in [5.41, 5.74) is -0.0693. The van der Waals surface area contributed by atoms with Crippen LogP contribution in [0.5, 0.6) is 5.75 Å². The van der Waals surface area contributed by atoms with Crippen LogP contribution in [0.3, 0.4) is 0 Å². The van der Waals surface area contributed by atoms with Gasteiger partial charge in [0.05, 0.1) is 5.02 Å². The molecule has 6 heteroatoms. The van der Waals surface area contributed by atoms with E-state index in [0.717, 1.165) is 12.1 Å². The van der Waals surface area contributed by atoms with Crippen LogP contribution >= 0.6 is 11.6 Å². The Kier molecular flexibility index (Phi) is 4.55. The smallest absolute Gasteiger partial charge is 0.339 e. The quantitative estimate of drug-likeness (QED) is 0.859. The minimum absolute atomic E-state index is 0.0793. The van der Waals surface area contributed by atoms with E-state index in [0.29, 0.717) is 0 Å². The average molecular weight is 309 g/mol. The summed E-state index contributed by atoms with van der Waals surface area (Å²) >= 11 is 5.88. The molecular weight excluding hydrogens is 299 g/mol. The first-order chi connectivity index (χ1) is 9.99. The molecule has 0 aliphatic heterocycles. The molecular formula is C15H10ClFO4. The van der Waals surface area contributed by atoms with Crippen LogP contribution in [0.1, 0.15) is 20.7 Å². The van der Waals surface area contributed by atoms with Crippen molar-refractivity contribution in [2.24, 2.45) is 0 Å². The van der Waals surface area contributed by atoms with E-state index in [1.807, 2.05) is 0 Å². The molecule has 0 unspecified atom stereocenters. The normalized spacial score (nSPS) is 10.2. The number of carbonyl (C=O) groups excluding carboxylic acids is 1. The number of halogens is 2. The molecule has 1 N–H and O–H groups in total. The predicted octanol–water partition coefficient (Wildman–Crippen LogP) is 3.44. The van der Waals surface area contributed by atoms with Crippen LogP contribution in [0, 0.1) is 5.82 Å². The Morgan fingerprint density at radius 3 is 2.52 bits per heavy atom. The van der Waals surface area contributed by atoms with Gasteiger partial charge in [0.25, 0.3) is 0 Å². The second-order valence-electron chi connectivity index (χ2n) is 4.14. The van der Waals surface area contributed by atoms with Crippen LogP contribution < -0.4 is 4.74 Å². The second-order valence-corrected chi connectivity index (χ2v) is 4.54. The third-order valence-electron chi connectivity index (χ3n) is 2.71. The summed E-state index contributed by atoms with van der Waals surface area (Å²) in [6.07, 6.45) is 0.